The molecule has 0 bridgehead atoms. The van der Waals surface area contributed by atoms with Gasteiger partial charge in [0.05, 0.1) is 74.2 Å². The number of imide groups is 2. The van der Waals surface area contributed by atoms with Crippen molar-refractivity contribution in [3.63, 3.8) is 0 Å². The standard InChI is InChI=1S/C38H43N5O9S/c1-42(2)26-8-6-25(7-9-26)36-40-29-11-10-27(24-32(29)53-36)52-23-22-51-21-20-50-19-18-49-17-16-48-15-14-39-30-5-3-4-28-34(30)38(47)43(37(28)46)31-12-13-33(44)41-35(31)45/h3-11,24,31,39H,12-23H2,1-2H3,(H,41,44,45). The van der Waals surface area contributed by atoms with E-state index >= 15 is 0 Å². The van der Waals surface area contributed by atoms with Gasteiger partial charge in [0.15, 0.2) is 0 Å². The minimum absolute atomic E-state index is 0.0680. The lowest BCUT2D eigenvalue weighted by Crippen LogP contribution is -2.54. The molecule has 2 aliphatic heterocycles. The fraction of sp³-hybridized carbons (Fsp3) is 0.395. The number of thiazole rings is 1. The van der Waals surface area contributed by atoms with Gasteiger partial charge in [-0.1, -0.05) is 6.07 Å². The van der Waals surface area contributed by atoms with E-state index in [-0.39, 0.29) is 24.0 Å². The zero-order chi connectivity index (χ0) is 37.2. The lowest BCUT2D eigenvalue weighted by molar-refractivity contribution is -0.136. The maximum absolute atomic E-state index is 13.2. The van der Waals surface area contributed by atoms with Gasteiger partial charge in [-0.15, -0.1) is 11.3 Å². The maximum atomic E-state index is 13.2. The van der Waals surface area contributed by atoms with Crippen LogP contribution in [0.5, 0.6) is 5.75 Å². The topological polar surface area (TPSA) is 158 Å². The van der Waals surface area contributed by atoms with E-state index in [1.807, 2.05) is 32.3 Å². The lowest BCUT2D eigenvalue weighted by Gasteiger charge is -2.27. The van der Waals surface area contributed by atoms with E-state index in [1.165, 1.54) is 0 Å². The molecule has 2 N–H and O–H groups in total. The summed E-state index contributed by atoms with van der Waals surface area (Å²) in [6, 6.07) is 18.2. The number of aromatic nitrogens is 1. The number of fused-ring (bicyclic) bond motifs is 2. The molecule has 0 saturated carbocycles. The third-order valence-electron chi connectivity index (χ3n) is 8.63. The molecule has 53 heavy (non-hydrogen) atoms. The third-order valence-corrected chi connectivity index (χ3v) is 9.70. The average Bonchev–Trinajstić information content (AvgIpc) is 3.69. The first kappa shape index (κ1) is 37.8. The summed E-state index contributed by atoms with van der Waals surface area (Å²) in [5.74, 6) is -1.38. The molecule has 14 nitrogen and oxygen atoms in total. The molecule has 1 saturated heterocycles. The molecular formula is C38H43N5O9S. The highest BCUT2D eigenvalue weighted by Crippen LogP contribution is 2.34. The second-order valence-corrected chi connectivity index (χ2v) is 13.5. The summed E-state index contributed by atoms with van der Waals surface area (Å²) in [4.78, 5) is 57.8. The van der Waals surface area contributed by atoms with Crippen LogP contribution in [0.1, 0.15) is 33.6 Å². The number of hydrogen-bond acceptors (Lipinski definition) is 13. The highest BCUT2D eigenvalue weighted by atomic mass is 32.1. The molecule has 1 atom stereocenters. The van der Waals surface area contributed by atoms with Gasteiger partial charge in [0, 0.05) is 44.0 Å². The van der Waals surface area contributed by atoms with Crippen LogP contribution < -0.4 is 20.3 Å². The van der Waals surface area contributed by atoms with Crippen molar-refractivity contribution in [2.45, 2.75) is 18.9 Å². The van der Waals surface area contributed by atoms with Crippen molar-refractivity contribution in [3.8, 4) is 16.3 Å². The van der Waals surface area contributed by atoms with E-state index in [9.17, 15) is 19.2 Å². The van der Waals surface area contributed by atoms with Crippen LogP contribution >= 0.6 is 11.3 Å². The average molecular weight is 746 g/mol. The Kier molecular flexibility index (Phi) is 13.0. The smallest absolute Gasteiger partial charge is 0.264 e. The predicted octanol–water partition coefficient (Wildman–Crippen LogP) is 3.99. The molecule has 2 aliphatic rings. The van der Waals surface area contributed by atoms with Crippen molar-refractivity contribution in [3.05, 3.63) is 71.8 Å². The van der Waals surface area contributed by atoms with Gasteiger partial charge in [0.25, 0.3) is 11.8 Å². The summed E-state index contributed by atoms with van der Waals surface area (Å²) in [6.45, 7) is 4.11. The number of anilines is 2. The minimum Gasteiger partial charge on any atom is -0.491 e. The van der Waals surface area contributed by atoms with Gasteiger partial charge in [-0.2, -0.15) is 0 Å². The number of ether oxygens (including phenoxy) is 5. The lowest BCUT2D eigenvalue weighted by atomic mass is 10.0. The van der Waals surface area contributed by atoms with Crippen LogP contribution in [-0.4, -0.2) is 120 Å². The largest absolute Gasteiger partial charge is 0.491 e. The molecule has 3 heterocycles. The fourth-order valence-electron chi connectivity index (χ4n) is 5.92. The first-order chi connectivity index (χ1) is 25.8. The van der Waals surface area contributed by atoms with Crippen LogP contribution in [0.25, 0.3) is 20.8 Å². The number of nitrogens with one attached hydrogen (secondary N) is 2. The first-order valence-electron chi connectivity index (χ1n) is 17.5. The van der Waals surface area contributed by atoms with Crippen molar-refractivity contribution >= 4 is 56.6 Å². The predicted molar refractivity (Wildman–Crippen MR) is 200 cm³/mol. The molecule has 0 aliphatic carbocycles. The highest BCUT2D eigenvalue weighted by Gasteiger charge is 2.45. The molecule has 1 unspecified atom stereocenters. The Bertz CT molecular complexity index is 1920. The van der Waals surface area contributed by atoms with Gasteiger partial charge in [-0.25, -0.2) is 4.98 Å². The number of carbonyl (C=O) groups excluding carboxylic acids is 4. The molecular weight excluding hydrogens is 703 g/mol. The molecule has 4 aromatic rings. The number of amides is 4. The van der Waals surface area contributed by atoms with E-state index in [2.05, 4.69) is 39.8 Å². The number of hydrogen-bond donors (Lipinski definition) is 2. The SMILES string of the molecule is CN(C)c1ccc(-c2nc3ccc(OCCOCCOCCOCCOCCNc4cccc5c4C(=O)N(C4CCC(=O)NC4=O)C5=O)cc3s2)cc1. The quantitative estimate of drug-likeness (QED) is 0.0992. The fourth-order valence-corrected chi connectivity index (χ4v) is 6.92. The van der Waals surface area contributed by atoms with Crippen LogP contribution in [0, 0.1) is 0 Å². The Labute approximate surface area is 311 Å². The maximum Gasteiger partial charge on any atom is 0.264 e. The number of carbonyl (C=O) groups is 4. The molecule has 0 spiro atoms. The monoisotopic (exact) mass is 745 g/mol. The Balaban J connectivity index is 0.776. The number of rotatable bonds is 20. The van der Waals surface area contributed by atoms with Crippen molar-refractivity contribution in [1.82, 2.24) is 15.2 Å². The van der Waals surface area contributed by atoms with Crippen molar-refractivity contribution in [1.29, 1.82) is 0 Å². The number of piperidine rings is 1. The van der Waals surface area contributed by atoms with Crippen LogP contribution in [0.3, 0.4) is 0 Å². The van der Waals surface area contributed by atoms with Gasteiger partial charge >= 0.3 is 0 Å². The zero-order valence-electron chi connectivity index (χ0n) is 29.8. The van der Waals surface area contributed by atoms with Crippen molar-refractivity contribution in [2.75, 3.05) is 90.3 Å². The van der Waals surface area contributed by atoms with Gasteiger partial charge < -0.3 is 33.9 Å². The Morgan fingerprint density at radius 2 is 1.51 bits per heavy atom. The molecule has 4 amide bonds. The van der Waals surface area contributed by atoms with Gasteiger partial charge in [-0.3, -0.25) is 29.4 Å². The molecule has 15 heteroatoms. The molecule has 6 rings (SSSR count). The Morgan fingerprint density at radius 1 is 0.830 bits per heavy atom. The summed E-state index contributed by atoms with van der Waals surface area (Å²) in [5.41, 5.74) is 4.10. The molecule has 1 aromatic heterocycles. The van der Waals surface area contributed by atoms with E-state index in [0.29, 0.717) is 71.7 Å². The molecule has 1 fully saturated rings. The number of nitrogens with zero attached hydrogens (tertiary/aromatic N) is 3. The Morgan fingerprint density at radius 3 is 2.19 bits per heavy atom. The van der Waals surface area contributed by atoms with Gasteiger partial charge in [0.1, 0.15) is 23.4 Å². The highest BCUT2D eigenvalue weighted by molar-refractivity contribution is 7.21. The van der Waals surface area contributed by atoms with E-state index in [0.717, 1.165) is 37.1 Å². The molecule has 3 aromatic carbocycles. The second-order valence-electron chi connectivity index (χ2n) is 12.5. The van der Waals surface area contributed by atoms with Crippen LogP contribution in [-0.2, 0) is 28.5 Å². The van der Waals surface area contributed by atoms with E-state index in [4.69, 9.17) is 28.7 Å². The molecule has 280 valence electrons. The normalized spacial score (nSPS) is 15.6. The first-order valence-corrected chi connectivity index (χ1v) is 18.3. The van der Waals surface area contributed by atoms with Crippen LogP contribution in [0.4, 0.5) is 11.4 Å². The summed E-state index contributed by atoms with van der Waals surface area (Å²) >= 11 is 1.64. The van der Waals surface area contributed by atoms with Crippen molar-refractivity contribution in [2.24, 2.45) is 0 Å². The summed E-state index contributed by atoms with van der Waals surface area (Å²) < 4.78 is 29.3. The third kappa shape index (κ3) is 9.55. The van der Waals surface area contributed by atoms with Gasteiger partial charge in [-0.05, 0) is 61.0 Å². The molecule has 0 radical (unpaired) electrons. The van der Waals surface area contributed by atoms with Crippen LogP contribution in [0.2, 0.25) is 0 Å². The zero-order valence-corrected chi connectivity index (χ0v) is 30.6. The van der Waals surface area contributed by atoms with E-state index < -0.39 is 29.7 Å². The summed E-state index contributed by atoms with van der Waals surface area (Å²) in [5, 5.41) is 6.32. The van der Waals surface area contributed by atoms with Crippen molar-refractivity contribution < 1.29 is 42.9 Å². The second kappa shape index (κ2) is 18.2. The summed E-state index contributed by atoms with van der Waals surface area (Å²) in [7, 11) is 4.05. The van der Waals surface area contributed by atoms with Crippen LogP contribution in [0.15, 0.2) is 60.7 Å². The summed E-state index contributed by atoms with van der Waals surface area (Å²) in [6.07, 6.45) is 0.174. The van der Waals surface area contributed by atoms with Gasteiger partial charge in [0.2, 0.25) is 11.8 Å². The Hall–Kier alpha value is -4.93. The van der Waals surface area contributed by atoms with E-state index in [1.54, 1.807) is 29.5 Å². The number of benzene rings is 3. The minimum atomic E-state index is -1.01.